The van der Waals surface area contributed by atoms with Crippen molar-refractivity contribution >= 4 is 20.9 Å². The topological polar surface area (TPSA) is 29.4 Å². The molecule has 0 saturated carbocycles. The first-order chi connectivity index (χ1) is 12.8. The van der Waals surface area contributed by atoms with Crippen molar-refractivity contribution in [2.75, 3.05) is 30.8 Å². The number of nitrogens with zero attached hydrogens (tertiary/aromatic N) is 1. The van der Waals surface area contributed by atoms with Gasteiger partial charge in [-0.1, -0.05) is 51.1 Å². The lowest BCUT2D eigenvalue weighted by Gasteiger charge is -2.33. The van der Waals surface area contributed by atoms with E-state index in [-0.39, 0.29) is 16.4 Å². The minimum atomic E-state index is -0.763. The molecule has 0 fully saturated rings. The number of nitroso groups, excluding NO2 is 1. The van der Waals surface area contributed by atoms with Crippen molar-refractivity contribution in [2.24, 2.45) is 5.18 Å². The summed E-state index contributed by atoms with van der Waals surface area (Å²) in [5, 5.41) is 3.67. The van der Waals surface area contributed by atoms with Crippen LogP contribution in [-0.4, -0.2) is 36.3 Å². The summed E-state index contributed by atoms with van der Waals surface area (Å²) >= 11 is 0. The Hall–Kier alpha value is -0.480. The van der Waals surface area contributed by atoms with Crippen LogP contribution in [0.15, 0.2) is 39.2 Å². The molecule has 0 N–H and O–H groups in total. The fraction of sp³-hybridized carbons (Fsp3) is 0.739. The highest BCUT2D eigenvalue weighted by atomic mass is 32.3. The Morgan fingerprint density at radius 1 is 0.889 bits per heavy atom. The molecule has 0 aliphatic rings. The van der Waals surface area contributed by atoms with Crippen molar-refractivity contribution in [1.29, 1.82) is 0 Å². The average molecular weight is 414 g/mol. The van der Waals surface area contributed by atoms with E-state index in [2.05, 4.69) is 68.3 Å². The van der Waals surface area contributed by atoms with Crippen LogP contribution < -0.4 is 0 Å². The number of thiol groups is 1. The largest absolute Gasteiger partial charge is 0.233 e. The van der Waals surface area contributed by atoms with Gasteiger partial charge in [0.25, 0.3) is 0 Å². The van der Waals surface area contributed by atoms with E-state index in [1.165, 1.54) is 22.0 Å². The number of hydrogen-bond donors (Lipinski definition) is 1. The third-order valence-electron chi connectivity index (χ3n) is 5.72. The fourth-order valence-corrected chi connectivity index (χ4v) is 6.45. The van der Waals surface area contributed by atoms with Gasteiger partial charge in [0.15, 0.2) is 0 Å². The van der Waals surface area contributed by atoms with E-state index in [0.717, 1.165) is 51.4 Å². The highest BCUT2D eigenvalue weighted by Crippen LogP contribution is 2.50. The molecule has 0 atom stereocenters. The number of rotatable bonds is 14. The van der Waals surface area contributed by atoms with Gasteiger partial charge in [-0.2, -0.15) is 4.91 Å². The van der Waals surface area contributed by atoms with E-state index in [0.29, 0.717) is 0 Å². The van der Waals surface area contributed by atoms with Gasteiger partial charge in [-0.15, -0.1) is 0 Å². The molecule has 0 spiro atoms. The van der Waals surface area contributed by atoms with Gasteiger partial charge in [0, 0.05) is 0 Å². The van der Waals surface area contributed by atoms with Crippen molar-refractivity contribution < 1.29 is 0 Å². The maximum absolute atomic E-state index is 11.7. The molecule has 4 heteroatoms. The molecule has 0 bridgehead atoms. The second kappa shape index (κ2) is 12.2. The first-order valence-corrected chi connectivity index (χ1v) is 15.5. The molecule has 1 aromatic carbocycles. The van der Waals surface area contributed by atoms with Gasteiger partial charge in [-0.05, 0) is 90.5 Å². The molecule has 0 radical (unpaired) electrons. The molecular weight excluding hydrogens is 370 g/mol. The van der Waals surface area contributed by atoms with Crippen LogP contribution in [-0.2, 0) is 0 Å². The summed E-state index contributed by atoms with van der Waals surface area (Å²) in [6.45, 7) is 4.40. The van der Waals surface area contributed by atoms with E-state index in [9.17, 15) is 4.91 Å². The van der Waals surface area contributed by atoms with Gasteiger partial charge in [0.2, 0.25) is 0 Å². The summed E-state index contributed by atoms with van der Waals surface area (Å²) in [5.74, 6) is 1.25. The third-order valence-corrected chi connectivity index (χ3v) is 9.91. The van der Waals surface area contributed by atoms with Crippen LogP contribution >= 0.6 is 20.9 Å². The van der Waals surface area contributed by atoms with Gasteiger partial charge >= 0.3 is 0 Å². The predicted octanol–water partition coefficient (Wildman–Crippen LogP) is 7.79. The molecule has 1 rings (SSSR count). The van der Waals surface area contributed by atoms with Crippen molar-refractivity contribution in [3.8, 4) is 0 Å². The first-order valence-electron chi connectivity index (χ1n) is 10.6. The van der Waals surface area contributed by atoms with Crippen LogP contribution in [0.3, 0.4) is 0 Å². The molecular formula is C23H43NOS2. The summed E-state index contributed by atoms with van der Waals surface area (Å²) < 4.78 is 0. The van der Waals surface area contributed by atoms with Crippen LogP contribution in [0, 0.1) is 4.91 Å². The number of hydrogen-bond acceptors (Lipinski definition) is 2. The molecule has 0 aliphatic carbocycles. The predicted molar refractivity (Wildman–Crippen MR) is 130 cm³/mol. The van der Waals surface area contributed by atoms with Crippen LogP contribution in [0.25, 0.3) is 0 Å². The second-order valence-electron chi connectivity index (χ2n) is 8.61. The van der Waals surface area contributed by atoms with Crippen molar-refractivity contribution in [2.45, 2.75) is 87.0 Å². The number of unbranched alkanes of at least 4 members (excludes halogenated alkanes) is 3. The Labute approximate surface area is 172 Å². The van der Waals surface area contributed by atoms with E-state index < -0.39 is 10.0 Å². The van der Waals surface area contributed by atoms with E-state index >= 15 is 0 Å². The van der Waals surface area contributed by atoms with Crippen molar-refractivity contribution in [3.05, 3.63) is 29.2 Å². The summed E-state index contributed by atoms with van der Waals surface area (Å²) in [6, 6.07) is 9.36. The molecule has 158 valence electrons. The molecule has 0 heterocycles. The first kappa shape index (κ1) is 24.6. The van der Waals surface area contributed by atoms with Crippen LogP contribution in [0.2, 0.25) is 0 Å². The lowest BCUT2D eigenvalue weighted by Crippen LogP contribution is -2.26. The summed E-state index contributed by atoms with van der Waals surface area (Å²) in [5.41, 5.74) is -0.299. The monoisotopic (exact) mass is 413 g/mol. The zero-order chi connectivity index (χ0) is 20.3. The van der Waals surface area contributed by atoms with E-state index in [4.69, 9.17) is 0 Å². The Balaban J connectivity index is 2.60. The van der Waals surface area contributed by atoms with Gasteiger partial charge in [-0.25, -0.2) is 20.9 Å². The Bertz CT molecular complexity index is 532. The molecule has 27 heavy (non-hydrogen) atoms. The lowest BCUT2D eigenvalue weighted by molar-refractivity contribution is 0.313. The second-order valence-corrected chi connectivity index (χ2v) is 14.9. The van der Waals surface area contributed by atoms with Crippen molar-refractivity contribution in [1.82, 2.24) is 0 Å². The smallest absolute Gasteiger partial charge is 0.103 e. The Kier molecular flexibility index (Phi) is 11.1. The summed E-state index contributed by atoms with van der Waals surface area (Å²) in [6.07, 6.45) is 19.3. The van der Waals surface area contributed by atoms with Gasteiger partial charge in [0.05, 0.1) is 0 Å². The highest BCUT2D eigenvalue weighted by molar-refractivity contribution is 8.32. The van der Waals surface area contributed by atoms with Gasteiger partial charge in [0.1, 0.15) is 5.54 Å². The number of benzene rings is 1. The van der Waals surface area contributed by atoms with Crippen LogP contribution in [0.4, 0.5) is 0 Å². The molecule has 0 saturated heterocycles. The van der Waals surface area contributed by atoms with E-state index in [1.54, 1.807) is 0 Å². The molecule has 2 nitrogen and oxygen atoms in total. The molecule has 0 aromatic heterocycles. The Morgan fingerprint density at radius 3 is 1.85 bits per heavy atom. The van der Waals surface area contributed by atoms with E-state index in [1.807, 2.05) is 0 Å². The zero-order valence-electron chi connectivity index (χ0n) is 18.6. The molecule has 0 aliphatic heterocycles. The fourth-order valence-electron chi connectivity index (χ4n) is 3.67. The summed E-state index contributed by atoms with van der Waals surface area (Å²) in [7, 11) is -0.777. The lowest BCUT2D eigenvalue weighted by atomic mass is 9.83. The minimum Gasteiger partial charge on any atom is -0.233 e. The van der Waals surface area contributed by atoms with Crippen molar-refractivity contribution in [3.63, 3.8) is 0 Å². The highest BCUT2D eigenvalue weighted by Gasteiger charge is 2.30. The normalized spacial score (nSPS) is 13.5. The molecule has 1 aromatic rings. The summed E-state index contributed by atoms with van der Waals surface area (Å²) in [4.78, 5) is 14.7. The molecule has 0 amide bonds. The minimum absolute atomic E-state index is 0.0140. The third kappa shape index (κ3) is 8.19. The Morgan fingerprint density at radius 2 is 1.41 bits per heavy atom. The zero-order valence-corrected chi connectivity index (χ0v) is 20.3. The van der Waals surface area contributed by atoms with Crippen LogP contribution in [0.1, 0.15) is 71.6 Å². The van der Waals surface area contributed by atoms with Gasteiger partial charge < -0.3 is 0 Å². The maximum Gasteiger partial charge on any atom is 0.103 e. The average Bonchev–Trinajstić information content (AvgIpc) is 2.67. The van der Waals surface area contributed by atoms with Crippen LogP contribution in [0.5, 0.6) is 0 Å². The standard InChI is InChI=1S/C23H43NOS2/c1-7-9-17-23(24-25,18-10-8-2)19-11-12-20-27(5,6)22-15-13-21(14-16-22)26(3)4/h13-16,26H,7-12,17-20H2,1-6H3. The maximum atomic E-state index is 11.7. The quantitative estimate of drug-likeness (QED) is 0.188. The molecule has 0 unspecified atom stereocenters. The van der Waals surface area contributed by atoms with Gasteiger partial charge in [-0.3, -0.25) is 0 Å². The SMILES string of the molecule is CCCCC(CCCC)(CCCCS(C)(C)c1ccc([SH](C)C)cc1)N=O.